The SMILES string of the molecule is CC(C)Nc1ccc(S)cn1. The highest BCUT2D eigenvalue weighted by Gasteiger charge is 1.94. The van der Waals surface area contributed by atoms with E-state index in [1.165, 1.54) is 0 Å². The van der Waals surface area contributed by atoms with Crippen LogP contribution < -0.4 is 5.32 Å². The molecule has 3 heteroatoms. The summed E-state index contributed by atoms with van der Waals surface area (Å²) >= 11 is 4.13. The number of anilines is 1. The first-order valence-corrected chi connectivity index (χ1v) is 4.05. The Bertz CT molecular complexity index is 218. The molecule has 0 aromatic carbocycles. The van der Waals surface area contributed by atoms with Crippen molar-refractivity contribution in [1.82, 2.24) is 4.98 Å². The molecule has 0 aliphatic rings. The molecular weight excluding hydrogens is 156 g/mol. The third-order valence-corrected chi connectivity index (χ3v) is 1.45. The second-order valence-corrected chi connectivity index (χ2v) is 3.22. The molecular formula is C8H12N2S. The molecule has 1 aromatic rings. The van der Waals surface area contributed by atoms with E-state index in [-0.39, 0.29) is 0 Å². The van der Waals surface area contributed by atoms with Crippen LogP contribution in [-0.4, -0.2) is 11.0 Å². The molecule has 0 spiro atoms. The monoisotopic (exact) mass is 168 g/mol. The van der Waals surface area contributed by atoms with E-state index in [0.717, 1.165) is 10.7 Å². The zero-order valence-corrected chi connectivity index (χ0v) is 7.60. The summed E-state index contributed by atoms with van der Waals surface area (Å²) in [4.78, 5) is 5.02. The smallest absolute Gasteiger partial charge is 0.126 e. The van der Waals surface area contributed by atoms with Gasteiger partial charge in [-0.25, -0.2) is 4.98 Å². The third kappa shape index (κ3) is 2.80. The number of hydrogen-bond donors (Lipinski definition) is 2. The first-order chi connectivity index (χ1) is 5.18. The predicted molar refractivity (Wildman–Crippen MR) is 50.2 cm³/mol. The highest BCUT2D eigenvalue weighted by atomic mass is 32.1. The minimum absolute atomic E-state index is 0.424. The van der Waals surface area contributed by atoms with Gasteiger partial charge in [-0.15, -0.1) is 12.6 Å². The van der Waals surface area contributed by atoms with E-state index in [9.17, 15) is 0 Å². The van der Waals surface area contributed by atoms with Crippen molar-refractivity contribution in [3.05, 3.63) is 18.3 Å². The molecule has 0 bridgehead atoms. The summed E-state index contributed by atoms with van der Waals surface area (Å²) < 4.78 is 0. The molecule has 0 amide bonds. The Morgan fingerprint density at radius 1 is 1.45 bits per heavy atom. The molecule has 0 radical (unpaired) electrons. The molecule has 2 nitrogen and oxygen atoms in total. The number of nitrogens with zero attached hydrogens (tertiary/aromatic N) is 1. The van der Waals surface area contributed by atoms with Gasteiger partial charge in [0, 0.05) is 17.1 Å². The fourth-order valence-corrected chi connectivity index (χ4v) is 0.899. The van der Waals surface area contributed by atoms with Crippen molar-refractivity contribution in [1.29, 1.82) is 0 Å². The molecule has 0 saturated heterocycles. The van der Waals surface area contributed by atoms with Crippen molar-refractivity contribution in [2.75, 3.05) is 5.32 Å². The summed E-state index contributed by atoms with van der Waals surface area (Å²) in [6.07, 6.45) is 1.73. The normalized spacial score (nSPS) is 10.2. The van der Waals surface area contributed by atoms with E-state index >= 15 is 0 Å². The maximum Gasteiger partial charge on any atom is 0.126 e. The summed E-state index contributed by atoms with van der Waals surface area (Å²) in [5.41, 5.74) is 0. The molecule has 0 atom stereocenters. The molecule has 1 N–H and O–H groups in total. The van der Waals surface area contributed by atoms with E-state index in [0.29, 0.717) is 6.04 Å². The number of thiol groups is 1. The highest BCUT2D eigenvalue weighted by molar-refractivity contribution is 7.80. The van der Waals surface area contributed by atoms with Crippen molar-refractivity contribution >= 4 is 18.4 Å². The van der Waals surface area contributed by atoms with Gasteiger partial charge in [-0.05, 0) is 26.0 Å². The van der Waals surface area contributed by atoms with Crippen LogP contribution in [0.1, 0.15) is 13.8 Å². The van der Waals surface area contributed by atoms with Crippen molar-refractivity contribution in [2.24, 2.45) is 0 Å². The van der Waals surface area contributed by atoms with E-state index < -0.39 is 0 Å². The average Bonchev–Trinajstić information content (AvgIpc) is 1.93. The highest BCUT2D eigenvalue weighted by Crippen LogP contribution is 2.08. The first-order valence-electron chi connectivity index (χ1n) is 3.60. The second-order valence-electron chi connectivity index (χ2n) is 2.70. The maximum atomic E-state index is 4.13. The van der Waals surface area contributed by atoms with Crippen LogP contribution in [0.3, 0.4) is 0 Å². The minimum Gasteiger partial charge on any atom is -0.368 e. The molecule has 1 aromatic heterocycles. The molecule has 1 rings (SSSR count). The van der Waals surface area contributed by atoms with Gasteiger partial charge < -0.3 is 5.32 Å². The van der Waals surface area contributed by atoms with Crippen LogP contribution in [0.15, 0.2) is 23.2 Å². The molecule has 0 saturated carbocycles. The number of aromatic nitrogens is 1. The quantitative estimate of drug-likeness (QED) is 0.662. The van der Waals surface area contributed by atoms with Gasteiger partial charge >= 0.3 is 0 Å². The standard InChI is InChI=1S/C8H12N2S/c1-6(2)10-8-4-3-7(11)5-9-8/h3-6,11H,1-2H3,(H,9,10). The van der Waals surface area contributed by atoms with Crippen molar-refractivity contribution < 1.29 is 0 Å². The summed E-state index contributed by atoms with van der Waals surface area (Å²) in [6.45, 7) is 4.16. The molecule has 11 heavy (non-hydrogen) atoms. The van der Waals surface area contributed by atoms with Gasteiger partial charge in [-0.1, -0.05) is 0 Å². The van der Waals surface area contributed by atoms with Crippen LogP contribution in [0.4, 0.5) is 5.82 Å². The van der Waals surface area contributed by atoms with Gasteiger partial charge in [-0.3, -0.25) is 0 Å². The molecule has 0 aliphatic carbocycles. The summed E-state index contributed by atoms with van der Waals surface area (Å²) in [6, 6.07) is 4.26. The number of hydrogen-bond acceptors (Lipinski definition) is 3. The zero-order chi connectivity index (χ0) is 8.27. The molecule has 0 aliphatic heterocycles. The Labute approximate surface area is 72.5 Å². The topological polar surface area (TPSA) is 24.9 Å². The number of nitrogens with one attached hydrogen (secondary N) is 1. The van der Waals surface area contributed by atoms with Gasteiger partial charge in [0.2, 0.25) is 0 Å². The molecule has 0 fully saturated rings. The predicted octanol–water partition coefficient (Wildman–Crippen LogP) is 2.19. The number of rotatable bonds is 2. The van der Waals surface area contributed by atoms with Gasteiger partial charge in [-0.2, -0.15) is 0 Å². The van der Waals surface area contributed by atoms with Crippen LogP contribution in [0, 0.1) is 0 Å². The van der Waals surface area contributed by atoms with E-state index in [2.05, 4.69) is 36.8 Å². The fraction of sp³-hybridized carbons (Fsp3) is 0.375. The molecule has 60 valence electrons. The Morgan fingerprint density at radius 2 is 2.18 bits per heavy atom. The van der Waals surface area contributed by atoms with Crippen molar-refractivity contribution in [2.45, 2.75) is 24.8 Å². The molecule has 0 unspecified atom stereocenters. The van der Waals surface area contributed by atoms with E-state index in [1.807, 2.05) is 12.1 Å². The van der Waals surface area contributed by atoms with Crippen molar-refractivity contribution in [3.63, 3.8) is 0 Å². The van der Waals surface area contributed by atoms with Gasteiger partial charge in [0.15, 0.2) is 0 Å². The van der Waals surface area contributed by atoms with Gasteiger partial charge in [0.25, 0.3) is 0 Å². The molecule has 1 heterocycles. The second kappa shape index (κ2) is 3.62. The third-order valence-electron chi connectivity index (χ3n) is 1.18. The Morgan fingerprint density at radius 3 is 2.64 bits per heavy atom. The lowest BCUT2D eigenvalue weighted by Crippen LogP contribution is -2.10. The Balaban J connectivity index is 2.66. The van der Waals surface area contributed by atoms with Crippen LogP contribution in [-0.2, 0) is 0 Å². The summed E-state index contributed by atoms with van der Waals surface area (Å²) in [5.74, 6) is 0.901. The van der Waals surface area contributed by atoms with E-state index in [1.54, 1.807) is 6.20 Å². The van der Waals surface area contributed by atoms with Crippen LogP contribution in [0.5, 0.6) is 0 Å². The Kier molecular flexibility index (Phi) is 2.76. The van der Waals surface area contributed by atoms with Crippen LogP contribution in [0.25, 0.3) is 0 Å². The lowest BCUT2D eigenvalue weighted by Gasteiger charge is -2.07. The van der Waals surface area contributed by atoms with Crippen molar-refractivity contribution in [3.8, 4) is 0 Å². The zero-order valence-electron chi connectivity index (χ0n) is 6.70. The summed E-state index contributed by atoms with van der Waals surface area (Å²) in [7, 11) is 0. The summed E-state index contributed by atoms with van der Waals surface area (Å²) in [5, 5.41) is 3.19. The first kappa shape index (κ1) is 8.40. The van der Waals surface area contributed by atoms with Gasteiger partial charge in [0.05, 0.1) is 0 Å². The minimum atomic E-state index is 0.424. The largest absolute Gasteiger partial charge is 0.368 e. The Hall–Kier alpha value is -0.700. The maximum absolute atomic E-state index is 4.13. The lowest BCUT2D eigenvalue weighted by molar-refractivity contribution is 0.888. The number of pyridine rings is 1. The fourth-order valence-electron chi connectivity index (χ4n) is 0.767. The van der Waals surface area contributed by atoms with Gasteiger partial charge in [0.1, 0.15) is 5.82 Å². The van der Waals surface area contributed by atoms with Crippen LogP contribution >= 0.6 is 12.6 Å². The average molecular weight is 168 g/mol. The van der Waals surface area contributed by atoms with E-state index in [4.69, 9.17) is 0 Å². The van der Waals surface area contributed by atoms with Crippen LogP contribution in [0.2, 0.25) is 0 Å². The lowest BCUT2D eigenvalue weighted by atomic mass is 10.4.